The summed E-state index contributed by atoms with van der Waals surface area (Å²) < 4.78 is 0. The number of aromatic amines is 2. The number of H-pyrrole nitrogens is 2. The summed E-state index contributed by atoms with van der Waals surface area (Å²) in [5.41, 5.74) is 3.60. The standard InChI is InChI=1S/C9H8N4O2.ClH/c14-9(15)8-4-1-2-6-5(3-10-11-6)7(4)12-13-8;/h3H,1-2H2,(H,10,11)(H,12,13)(H,14,15);1H. The van der Waals surface area contributed by atoms with E-state index in [0.717, 1.165) is 23.2 Å². The molecule has 0 unspecified atom stereocenters. The largest absolute Gasteiger partial charge is 0.477 e. The average Bonchev–Trinajstić information content (AvgIpc) is 2.82. The van der Waals surface area contributed by atoms with E-state index in [4.69, 9.17) is 5.11 Å². The number of aromatic carboxylic acids is 1. The van der Waals surface area contributed by atoms with Crippen LogP contribution in [0, 0.1) is 0 Å². The van der Waals surface area contributed by atoms with Gasteiger partial charge in [0.05, 0.1) is 11.9 Å². The first kappa shape index (κ1) is 10.7. The van der Waals surface area contributed by atoms with Gasteiger partial charge in [-0.05, 0) is 12.8 Å². The van der Waals surface area contributed by atoms with Crippen LogP contribution < -0.4 is 0 Å². The van der Waals surface area contributed by atoms with Crippen molar-refractivity contribution in [3.63, 3.8) is 0 Å². The van der Waals surface area contributed by atoms with Gasteiger partial charge in [0.25, 0.3) is 0 Å². The number of carbonyl (C=O) groups is 1. The predicted octanol–water partition coefficient (Wildman–Crippen LogP) is 1.02. The Kier molecular flexibility index (Phi) is 2.43. The van der Waals surface area contributed by atoms with Crippen molar-refractivity contribution >= 4 is 18.4 Å². The molecule has 0 spiro atoms. The number of aromatic nitrogens is 4. The second-order valence-electron chi connectivity index (χ2n) is 3.49. The van der Waals surface area contributed by atoms with Crippen molar-refractivity contribution in [2.24, 2.45) is 0 Å². The first-order chi connectivity index (χ1) is 7.27. The van der Waals surface area contributed by atoms with Gasteiger partial charge in [-0.2, -0.15) is 10.2 Å². The number of hydrogen-bond acceptors (Lipinski definition) is 3. The molecule has 0 saturated carbocycles. The topological polar surface area (TPSA) is 94.7 Å². The van der Waals surface area contributed by atoms with Crippen LogP contribution in [-0.4, -0.2) is 31.5 Å². The van der Waals surface area contributed by atoms with Crippen molar-refractivity contribution in [1.82, 2.24) is 20.4 Å². The average molecular weight is 241 g/mol. The summed E-state index contributed by atoms with van der Waals surface area (Å²) in [4.78, 5) is 10.9. The maximum atomic E-state index is 10.9. The van der Waals surface area contributed by atoms with Crippen molar-refractivity contribution in [3.8, 4) is 11.3 Å². The van der Waals surface area contributed by atoms with E-state index >= 15 is 0 Å². The zero-order valence-corrected chi connectivity index (χ0v) is 8.97. The molecule has 3 N–H and O–H groups in total. The molecule has 0 fully saturated rings. The Bertz CT molecular complexity index is 545. The first-order valence-electron chi connectivity index (χ1n) is 4.60. The van der Waals surface area contributed by atoms with Crippen LogP contribution in [0.2, 0.25) is 0 Å². The van der Waals surface area contributed by atoms with E-state index < -0.39 is 5.97 Å². The van der Waals surface area contributed by atoms with Crippen molar-refractivity contribution < 1.29 is 9.90 Å². The highest BCUT2D eigenvalue weighted by molar-refractivity contribution is 5.90. The van der Waals surface area contributed by atoms with E-state index in [-0.39, 0.29) is 18.1 Å². The van der Waals surface area contributed by atoms with E-state index in [0.29, 0.717) is 12.1 Å². The van der Waals surface area contributed by atoms with Gasteiger partial charge in [-0.15, -0.1) is 12.4 Å². The summed E-state index contributed by atoms with van der Waals surface area (Å²) in [6.07, 6.45) is 3.14. The second-order valence-corrected chi connectivity index (χ2v) is 3.49. The third-order valence-electron chi connectivity index (χ3n) is 2.68. The van der Waals surface area contributed by atoms with Crippen molar-refractivity contribution in [2.75, 3.05) is 0 Å². The van der Waals surface area contributed by atoms with E-state index in [1.165, 1.54) is 0 Å². The summed E-state index contributed by atoms with van der Waals surface area (Å²) >= 11 is 0. The minimum atomic E-state index is -0.962. The molecule has 1 aliphatic rings. The fourth-order valence-electron chi connectivity index (χ4n) is 1.97. The number of hydrogen-bond donors (Lipinski definition) is 3. The molecule has 2 heterocycles. The molecule has 3 rings (SSSR count). The molecule has 0 atom stereocenters. The Morgan fingerprint density at radius 2 is 2.19 bits per heavy atom. The van der Waals surface area contributed by atoms with Crippen LogP contribution in [0.4, 0.5) is 0 Å². The Morgan fingerprint density at radius 1 is 1.38 bits per heavy atom. The third-order valence-corrected chi connectivity index (χ3v) is 2.68. The first-order valence-corrected chi connectivity index (χ1v) is 4.60. The van der Waals surface area contributed by atoms with E-state index in [9.17, 15) is 4.79 Å². The van der Waals surface area contributed by atoms with Gasteiger partial charge in [-0.25, -0.2) is 4.79 Å². The van der Waals surface area contributed by atoms with Crippen LogP contribution in [0.5, 0.6) is 0 Å². The summed E-state index contributed by atoms with van der Waals surface area (Å²) in [5, 5.41) is 22.3. The lowest BCUT2D eigenvalue weighted by Gasteiger charge is -2.09. The fourth-order valence-corrected chi connectivity index (χ4v) is 1.97. The van der Waals surface area contributed by atoms with Crippen LogP contribution in [0.15, 0.2) is 6.20 Å². The van der Waals surface area contributed by atoms with Crippen LogP contribution in [0.25, 0.3) is 11.3 Å². The van der Waals surface area contributed by atoms with Crippen LogP contribution in [0.1, 0.15) is 21.7 Å². The van der Waals surface area contributed by atoms with E-state index in [2.05, 4.69) is 20.4 Å². The van der Waals surface area contributed by atoms with Gasteiger partial charge in [0, 0.05) is 16.8 Å². The minimum absolute atomic E-state index is 0. The van der Waals surface area contributed by atoms with Crippen molar-refractivity contribution in [3.05, 3.63) is 23.1 Å². The smallest absolute Gasteiger partial charge is 0.354 e. The lowest BCUT2D eigenvalue weighted by atomic mass is 9.94. The van der Waals surface area contributed by atoms with Gasteiger partial charge in [-0.1, -0.05) is 0 Å². The van der Waals surface area contributed by atoms with Gasteiger partial charge in [-0.3, -0.25) is 10.2 Å². The molecule has 1 aliphatic carbocycles. The number of rotatable bonds is 1. The normalized spacial score (nSPS) is 12.5. The Balaban J connectivity index is 0.000000963. The molecular weight excluding hydrogens is 232 g/mol. The number of nitrogens with zero attached hydrogens (tertiary/aromatic N) is 2. The number of fused-ring (bicyclic) bond motifs is 3. The Labute approximate surface area is 96.5 Å². The van der Waals surface area contributed by atoms with E-state index in [1.807, 2.05) is 0 Å². The van der Waals surface area contributed by atoms with E-state index in [1.54, 1.807) is 6.20 Å². The quantitative estimate of drug-likeness (QED) is 0.694. The SMILES string of the molecule is Cl.O=C(O)c1[nH]nc2c1CCc1[nH]ncc1-2. The van der Waals surface area contributed by atoms with Gasteiger partial charge < -0.3 is 5.11 Å². The zero-order valence-electron chi connectivity index (χ0n) is 8.15. The van der Waals surface area contributed by atoms with Gasteiger partial charge >= 0.3 is 5.97 Å². The number of nitrogens with one attached hydrogen (secondary N) is 2. The monoisotopic (exact) mass is 240 g/mol. The zero-order chi connectivity index (χ0) is 10.4. The molecule has 16 heavy (non-hydrogen) atoms. The molecule has 6 nitrogen and oxygen atoms in total. The number of halogens is 1. The maximum absolute atomic E-state index is 10.9. The fraction of sp³-hybridized carbons (Fsp3) is 0.222. The van der Waals surface area contributed by atoms with Gasteiger partial charge in [0.1, 0.15) is 5.69 Å². The van der Waals surface area contributed by atoms with Crippen molar-refractivity contribution in [2.45, 2.75) is 12.8 Å². The molecule has 0 aliphatic heterocycles. The van der Waals surface area contributed by atoms with Crippen molar-refractivity contribution in [1.29, 1.82) is 0 Å². The summed E-state index contributed by atoms with van der Waals surface area (Å²) in [7, 11) is 0. The van der Waals surface area contributed by atoms with Crippen LogP contribution in [-0.2, 0) is 12.8 Å². The Hall–Kier alpha value is -1.82. The predicted molar refractivity (Wildman–Crippen MR) is 57.8 cm³/mol. The summed E-state index contributed by atoms with van der Waals surface area (Å²) in [6, 6.07) is 0. The molecule has 2 aromatic rings. The molecule has 0 amide bonds. The molecular formula is C9H9ClN4O2. The molecule has 7 heteroatoms. The Morgan fingerprint density at radius 3 is 2.94 bits per heavy atom. The molecule has 84 valence electrons. The number of aryl methyl sites for hydroxylation is 1. The number of carboxylic acid groups (broad SMARTS) is 1. The summed E-state index contributed by atoms with van der Waals surface area (Å²) in [6.45, 7) is 0. The molecule has 0 saturated heterocycles. The number of carboxylic acids is 1. The van der Waals surface area contributed by atoms with Crippen LogP contribution in [0.3, 0.4) is 0 Å². The molecule has 0 aromatic carbocycles. The third kappa shape index (κ3) is 1.30. The summed E-state index contributed by atoms with van der Waals surface area (Å²) in [5.74, 6) is -0.962. The highest BCUT2D eigenvalue weighted by atomic mass is 35.5. The lowest BCUT2D eigenvalue weighted by Crippen LogP contribution is -2.06. The molecule has 2 aromatic heterocycles. The lowest BCUT2D eigenvalue weighted by molar-refractivity contribution is 0.0689. The highest BCUT2D eigenvalue weighted by Crippen LogP contribution is 2.31. The maximum Gasteiger partial charge on any atom is 0.354 e. The minimum Gasteiger partial charge on any atom is -0.477 e. The second kappa shape index (κ2) is 3.64. The van der Waals surface area contributed by atoms with Gasteiger partial charge in [0.2, 0.25) is 0 Å². The van der Waals surface area contributed by atoms with Crippen LogP contribution >= 0.6 is 12.4 Å². The molecule has 0 bridgehead atoms. The van der Waals surface area contributed by atoms with Gasteiger partial charge in [0.15, 0.2) is 0 Å². The highest BCUT2D eigenvalue weighted by Gasteiger charge is 2.25. The molecule has 0 radical (unpaired) electrons.